The lowest BCUT2D eigenvalue weighted by Gasteiger charge is -2.34. The quantitative estimate of drug-likeness (QED) is 0.773. The van der Waals surface area contributed by atoms with E-state index in [9.17, 15) is 13.2 Å². The highest BCUT2D eigenvalue weighted by atomic mass is 35.5. The van der Waals surface area contributed by atoms with Gasteiger partial charge < -0.3 is 14.8 Å². The Kier molecular flexibility index (Phi) is 5.06. The van der Waals surface area contributed by atoms with Gasteiger partial charge in [0.1, 0.15) is 10.6 Å². The fourth-order valence-corrected chi connectivity index (χ4v) is 5.71. The molecule has 0 spiro atoms. The molecule has 0 radical (unpaired) electrons. The number of ether oxygens (including phenoxy) is 2. The van der Waals surface area contributed by atoms with E-state index >= 15 is 0 Å². The summed E-state index contributed by atoms with van der Waals surface area (Å²) in [6.07, 6.45) is -0.477. The van der Waals surface area contributed by atoms with E-state index in [-0.39, 0.29) is 46.5 Å². The number of amides is 1. The smallest absolute Gasteiger partial charge is 0.259 e. The van der Waals surface area contributed by atoms with Crippen molar-refractivity contribution in [3.05, 3.63) is 46.5 Å². The molecule has 2 aliphatic rings. The van der Waals surface area contributed by atoms with Crippen LogP contribution in [0.2, 0.25) is 5.02 Å². The molecule has 2 aliphatic heterocycles. The van der Waals surface area contributed by atoms with E-state index in [1.165, 1.54) is 16.4 Å². The maximum Gasteiger partial charge on any atom is 0.259 e. The van der Waals surface area contributed by atoms with E-state index < -0.39 is 15.9 Å². The number of sulfonamides is 1. The summed E-state index contributed by atoms with van der Waals surface area (Å²) in [5.41, 5.74) is 1.58. The van der Waals surface area contributed by atoms with Crippen LogP contribution in [0.5, 0.6) is 11.5 Å². The fourth-order valence-electron chi connectivity index (χ4n) is 3.60. The van der Waals surface area contributed by atoms with Gasteiger partial charge in [-0.15, -0.1) is 0 Å². The van der Waals surface area contributed by atoms with E-state index in [2.05, 4.69) is 5.32 Å². The summed E-state index contributed by atoms with van der Waals surface area (Å²) in [5.74, 6) is 0.212. The Hall–Kier alpha value is -2.13. The number of rotatable bonds is 2. The Morgan fingerprint density at radius 2 is 1.79 bits per heavy atom. The second-order valence-corrected chi connectivity index (χ2v) is 9.73. The number of fused-ring (bicyclic) bond motifs is 2. The average Bonchev–Trinajstić information content (AvgIpc) is 2.75. The largest absolute Gasteiger partial charge is 0.454 e. The average molecular weight is 437 g/mol. The molecule has 0 aliphatic carbocycles. The van der Waals surface area contributed by atoms with Crippen molar-refractivity contribution in [1.29, 1.82) is 0 Å². The summed E-state index contributed by atoms with van der Waals surface area (Å²) < 4.78 is 39.3. The first-order valence-corrected chi connectivity index (χ1v) is 11.1. The fraction of sp³-hybridized carbons (Fsp3) is 0.350. The number of carbonyl (C=O) groups excluding carboxylic acids is 1. The number of hydrogen-bond donors (Lipinski definition) is 1. The zero-order valence-electron chi connectivity index (χ0n) is 16.2. The molecule has 1 saturated heterocycles. The van der Waals surface area contributed by atoms with Gasteiger partial charge >= 0.3 is 0 Å². The molecule has 9 heteroatoms. The number of hydrogen-bond acceptors (Lipinski definition) is 5. The number of carbonyl (C=O) groups is 1. The van der Waals surface area contributed by atoms with Gasteiger partial charge in [-0.05, 0) is 44.5 Å². The molecule has 0 unspecified atom stereocenters. The Balaban J connectivity index is 1.77. The van der Waals surface area contributed by atoms with Crippen LogP contribution >= 0.6 is 11.6 Å². The molecule has 4 rings (SSSR count). The van der Waals surface area contributed by atoms with Crippen LogP contribution in [0.4, 0.5) is 5.69 Å². The van der Waals surface area contributed by atoms with Crippen molar-refractivity contribution in [2.75, 3.05) is 18.4 Å². The van der Waals surface area contributed by atoms with Gasteiger partial charge in [0.15, 0.2) is 5.75 Å². The highest BCUT2D eigenvalue weighted by Gasteiger charge is 2.35. The molecule has 1 fully saturated rings. The summed E-state index contributed by atoms with van der Waals surface area (Å²) in [6, 6.07) is 8.05. The summed E-state index contributed by atoms with van der Waals surface area (Å²) >= 11 is 6.34. The van der Waals surface area contributed by atoms with Crippen molar-refractivity contribution in [2.45, 2.75) is 37.9 Å². The highest BCUT2D eigenvalue weighted by molar-refractivity contribution is 7.89. The molecule has 0 aromatic heterocycles. The number of halogens is 1. The Labute approximate surface area is 174 Å². The third kappa shape index (κ3) is 3.73. The lowest BCUT2D eigenvalue weighted by Crippen LogP contribution is -2.48. The van der Waals surface area contributed by atoms with Crippen molar-refractivity contribution in [1.82, 2.24) is 4.31 Å². The van der Waals surface area contributed by atoms with Gasteiger partial charge in [-0.3, -0.25) is 4.79 Å². The summed E-state index contributed by atoms with van der Waals surface area (Å²) in [5, 5.41) is 2.77. The number of benzene rings is 2. The van der Waals surface area contributed by atoms with Crippen LogP contribution in [0, 0.1) is 6.92 Å². The molecule has 0 bridgehead atoms. The predicted molar refractivity (Wildman–Crippen MR) is 109 cm³/mol. The predicted octanol–water partition coefficient (Wildman–Crippen LogP) is 3.80. The molecule has 0 saturated carbocycles. The van der Waals surface area contributed by atoms with Gasteiger partial charge in [-0.25, -0.2) is 8.42 Å². The number of aryl methyl sites for hydroxylation is 1. The second kappa shape index (κ2) is 7.28. The summed E-state index contributed by atoms with van der Waals surface area (Å²) in [7, 11) is -3.92. The molecule has 2 heterocycles. The molecule has 2 aromatic rings. The molecular formula is C20H21ClN2O5S. The zero-order chi connectivity index (χ0) is 20.9. The Morgan fingerprint density at radius 1 is 1.10 bits per heavy atom. The Morgan fingerprint density at radius 3 is 2.48 bits per heavy atom. The molecule has 1 N–H and O–H groups in total. The molecule has 7 nitrogen and oxygen atoms in total. The minimum absolute atomic E-state index is 0.00101. The SMILES string of the molecule is Cc1ccc2c(c1)NC(=O)c1cc(S(=O)(=O)N3C[C@@H](C)O[C@@H](C)C3)c(Cl)cc1O2. The van der Waals surface area contributed by atoms with E-state index in [1.54, 1.807) is 12.1 Å². The lowest BCUT2D eigenvalue weighted by atomic mass is 10.2. The van der Waals surface area contributed by atoms with Crippen molar-refractivity contribution < 1.29 is 22.7 Å². The van der Waals surface area contributed by atoms with Gasteiger partial charge in [0.05, 0.1) is 28.5 Å². The first kappa shape index (κ1) is 20.2. The number of anilines is 1. The van der Waals surface area contributed by atoms with Crippen LogP contribution in [0.3, 0.4) is 0 Å². The van der Waals surface area contributed by atoms with Crippen molar-refractivity contribution in [3.63, 3.8) is 0 Å². The van der Waals surface area contributed by atoms with Gasteiger partial charge in [-0.1, -0.05) is 17.7 Å². The van der Waals surface area contributed by atoms with Crippen molar-refractivity contribution >= 4 is 33.2 Å². The molecule has 2 atom stereocenters. The summed E-state index contributed by atoms with van der Waals surface area (Å²) in [4.78, 5) is 12.7. The molecule has 154 valence electrons. The van der Waals surface area contributed by atoms with E-state index in [1.807, 2.05) is 26.8 Å². The minimum Gasteiger partial charge on any atom is -0.454 e. The topological polar surface area (TPSA) is 84.9 Å². The minimum atomic E-state index is -3.92. The number of nitrogens with one attached hydrogen (secondary N) is 1. The van der Waals surface area contributed by atoms with Crippen LogP contribution in [0.15, 0.2) is 35.2 Å². The van der Waals surface area contributed by atoms with Crippen LogP contribution in [0.25, 0.3) is 0 Å². The number of morpholine rings is 1. The number of nitrogens with zero attached hydrogens (tertiary/aromatic N) is 1. The molecular weight excluding hydrogens is 416 g/mol. The van der Waals surface area contributed by atoms with Crippen molar-refractivity contribution in [3.8, 4) is 11.5 Å². The maximum atomic E-state index is 13.3. The monoisotopic (exact) mass is 436 g/mol. The normalized spacial score (nSPS) is 22.1. The van der Waals surface area contributed by atoms with Gasteiger partial charge in [0.25, 0.3) is 5.91 Å². The van der Waals surface area contributed by atoms with E-state index in [4.69, 9.17) is 21.1 Å². The van der Waals surface area contributed by atoms with Gasteiger partial charge in [0, 0.05) is 19.2 Å². The van der Waals surface area contributed by atoms with Crippen LogP contribution in [0.1, 0.15) is 29.8 Å². The zero-order valence-corrected chi connectivity index (χ0v) is 17.8. The molecule has 29 heavy (non-hydrogen) atoms. The first-order valence-electron chi connectivity index (χ1n) is 9.24. The molecule has 1 amide bonds. The highest BCUT2D eigenvalue weighted by Crippen LogP contribution is 2.40. The van der Waals surface area contributed by atoms with Crippen molar-refractivity contribution in [2.24, 2.45) is 0 Å². The Bertz CT molecular complexity index is 1090. The van der Waals surface area contributed by atoms with Crippen LogP contribution in [-0.4, -0.2) is 43.9 Å². The van der Waals surface area contributed by atoms with Gasteiger partial charge in [0.2, 0.25) is 10.0 Å². The van der Waals surface area contributed by atoms with Crippen LogP contribution in [-0.2, 0) is 14.8 Å². The lowest BCUT2D eigenvalue weighted by molar-refractivity contribution is -0.0440. The standard InChI is InChI=1S/C20H21ClN2O5S/c1-11-4-5-17-16(6-11)22-20(24)14-7-19(15(21)8-18(14)28-17)29(25,26)23-9-12(2)27-13(3)10-23/h4-8,12-13H,9-10H2,1-3H3,(H,22,24)/t12-,13+. The van der Waals surface area contributed by atoms with Gasteiger partial charge in [-0.2, -0.15) is 4.31 Å². The third-order valence-electron chi connectivity index (χ3n) is 4.89. The second-order valence-electron chi connectivity index (χ2n) is 7.41. The van der Waals surface area contributed by atoms with E-state index in [0.717, 1.165) is 5.56 Å². The molecule has 2 aromatic carbocycles. The van der Waals surface area contributed by atoms with E-state index in [0.29, 0.717) is 11.4 Å². The third-order valence-corrected chi connectivity index (χ3v) is 7.18. The summed E-state index contributed by atoms with van der Waals surface area (Å²) in [6.45, 7) is 5.96. The maximum absolute atomic E-state index is 13.3. The first-order chi connectivity index (χ1) is 13.6. The van der Waals surface area contributed by atoms with Crippen LogP contribution < -0.4 is 10.1 Å².